The second-order valence-corrected chi connectivity index (χ2v) is 4.14. The van der Waals surface area contributed by atoms with Crippen LogP contribution in [0.25, 0.3) is 0 Å². The molecular formula is C10H22O. The molecule has 68 valence electrons. The van der Waals surface area contributed by atoms with E-state index >= 15 is 0 Å². The number of rotatable bonds is 5. The summed E-state index contributed by atoms with van der Waals surface area (Å²) in [7, 11) is 0. The van der Waals surface area contributed by atoms with Crippen LogP contribution in [0, 0.1) is 5.92 Å². The molecule has 0 spiro atoms. The number of hydrogen-bond donors (Lipinski definition) is 1. The van der Waals surface area contributed by atoms with Gasteiger partial charge < -0.3 is 5.11 Å². The van der Waals surface area contributed by atoms with Gasteiger partial charge in [-0.15, -0.1) is 0 Å². The van der Waals surface area contributed by atoms with Crippen LogP contribution in [0.1, 0.15) is 53.4 Å². The lowest BCUT2D eigenvalue weighted by Gasteiger charge is -2.21. The van der Waals surface area contributed by atoms with Gasteiger partial charge in [-0.1, -0.05) is 33.6 Å². The summed E-state index contributed by atoms with van der Waals surface area (Å²) >= 11 is 0. The van der Waals surface area contributed by atoms with E-state index in [9.17, 15) is 5.11 Å². The minimum absolute atomic E-state index is 0.422. The average molecular weight is 158 g/mol. The quantitative estimate of drug-likeness (QED) is 0.652. The molecule has 0 aliphatic heterocycles. The zero-order valence-corrected chi connectivity index (χ0v) is 8.35. The first kappa shape index (κ1) is 11.0. The third-order valence-corrected chi connectivity index (χ3v) is 2.26. The second kappa shape index (κ2) is 4.76. The predicted molar refractivity (Wildman–Crippen MR) is 49.6 cm³/mol. The highest BCUT2D eigenvalue weighted by Gasteiger charge is 2.16. The molecular weight excluding hydrogens is 136 g/mol. The topological polar surface area (TPSA) is 20.2 Å². The highest BCUT2D eigenvalue weighted by molar-refractivity contribution is 4.69. The predicted octanol–water partition coefficient (Wildman–Crippen LogP) is 2.97. The Hall–Kier alpha value is -0.0400. The van der Waals surface area contributed by atoms with Crippen LogP contribution in [0.15, 0.2) is 0 Å². The molecule has 1 atom stereocenters. The highest BCUT2D eigenvalue weighted by Crippen LogP contribution is 2.18. The Morgan fingerprint density at radius 1 is 1.36 bits per heavy atom. The van der Waals surface area contributed by atoms with Crippen LogP contribution < -0.4 is 0 Å². The second-order valence-electron chi connectivity index (χ2n) is 4.14. The molecule has 0 saturated heterocycles. The molecule has 0 aliphatic rings. The van der Waals surface area contributed by atoms with E-state index in [-0.39, 0.29) is 0 Å². The molecule has 0 radical (unpaired) electrons. The van der Waals surface area contributed by atoms with Crippen LogP contribution in [0.2, 0.25) is 0 Å². The maximum absolute atomic E-state index is 9.64. The molecule has 0 fully saturated rings. The van der Waals surface area contributed by atoms with Gasteiger partial charge >= 0.3 is 0 Å². The summed E-state index contributed by atoms with van der Waals surface area (Å²) in [5.41, 5.74) is -0.422. The van der Waals surface area contributed by atoms with Gasteiger partial charge in [-0.25, -0.2) is 0 Å². The van der Waals surface area contributed by atoms with Gasteiger partial charge in [-0.05, 0) is 25.7 Å². The van der Waals surface area contributed by atoms with Crippen molar-refractivity contribution in [1.29, 1.82) is 0 Å². The molecule has 0 rings (SSSR count). The van der Waals surface area contributed by atoms with Crippen molar-refractivity contribution in [2.24, 2.45) is 5.92 Å². The average Bonchev–Trinajstić information content (AvgIpc) is 1.87. The standard InChI is InChI=1S/C10H22O/c1-5-10(4,11)8-6-7-9(2)3/h9,11H,5-8H2,1-4H3/t10-/m1/s1. The molecule has 0 unspecified atom stereocenters. The third kappa shape index (κ3) is 6.36. The molecule has 0 heterocycles. The first-order valence-electron chi connectivity index (χ1n) is 4.70. The van der Waals surface area contributed by atoms with Gasteiger partial charge in [-0.3, -0.25) is 0 Å². The van der Waals surface area contributed by atoms with Crippen LogP contribution in [-0.2, 0) is 0 Å². The van der Waals surface area contributed by atoms with Crippen molar-refractivity contribution in [3.8, 4) is 0 Å². The number of hydrogen-bond acceptors (Lipinski definition) is 1. The van der Waals surface area contributed by atoms with Crippen molar-refractivity contribution < 1.29 is 5.11 Å². The normalized spacial score (nSPS) is 16.9. The summed E-state index contributed by atoms with van der Waals surface area (Å²) in [6.07, 6.45) is 4.20. The zero-order chi connectivity index (χ0) is 8.91. The van der Waals surface area contributed by atoms with Crippen molar-refractivity contribution in [1.82, 2.24) is 0 Å². The lowest BCUT2D eigenvalue weighted by atomic mass is 9.94. The van der Waals surface area contributed by atoms with E-state index in [0.717, 1.165) is 25.2 Å². The Kier molecular flexibility index (Phi) is 4.74. The van der Waals surface area contributed by atoms with Crippen molar-refractivity contribution in [2.75, 3.05) is 0 Å². The summed E-state index contributed by atoms with van der Waals surface area (Å²) in [5.74, 6) is 0.766. The molecule has 0 aromatic rings. The van der Waals surface area contributed by atoms with Gasteiger partial charge in [0.1, 0.15) is 0 Å². The van der Waals surface area contributed by atoms with E-state index in [4.69, 9.17) is 0 Å². The monoisotopic (exact) mass is 158 g/mol. The molecule has 0 aromatic heterocycles. The minimum Gasteiger partial charge on any atom is -0.390 e. The molecule has 11 heavy (non-hydrogen) atoms. The van der Waals surface area contributed by atoms with Gasteiger partial charge in [0.25, 0.3) is 0 Å². The van der Waals surface area contributed by atoms with Gasteiger partial charge in [0.15, 0.2) is 0 Å². The van der Waals surface area contributed by atoms with Crippen LogP contribution in [0.5, 0.6) is 0 Å². The fourth-order valence-electron chi connectivity index (χ4n) is 1.07. The van der Waals surface area contributed by atoms with Crippen molar-refractivity contribution >= 4 is 0 Å². The van der Waals surface area contributed by atoms with Crippen molar-refractivity contribution in [2.45, 2.75) is 59.0 Å². The summed E-state index contributed by atoms with van der Waals surface area (Å²) < 4.78 is 0. The first-order chi connectivity index (χ1) is 4.98. The molecule has 0 bridgehead atoms. The molecule has 0 aliphatic carbocycles. The van der Waals surface area contributed by atoms with Crippen molar-refractivity contribution in [3.63, 3.8) is 0 Å². The zero-order valence-electron chi connectivity index (χ0n) is 8.35. The maximum Gasteiger partial charge on any atom is 0.0617 e. The molecule has 0 amide bonds. The smallest absolute Gasteiger partial charge is 0.0617 e. The highest BCUT2D eigenvalue weighted by atomic mass is 16.3. The van der Waals surface area contributed by atoms with Gasteiger partial charge in [0.05, 0.1) is 5.60 Å². The Labute approximate surface area is 70.8 Å². The first-order valence-corrected chi connectivity index (χ1v) is 4.70. The Balaban J connectivity index is 3.38. The number of aliphatic hydroxyl groups is 1. The van der Waals surface area contributed by atoms with Gasteiger partial charge in [0, 0.05) is 0 Å². The molecule has 0 saturated carbocycles. The van der Waals surface area contributed by atoms with Crippen LogP contribution >= 0.6 is 0 Å². The van der Waals surface area contributed by atoms with Crippen molar-refractivity contribution in [3.05, 3.63) is 0 Å². The van der Waals surface area contributed by atoms with E-state index in [0.29, 0.717) is 0 Å². The summed E-state index contributed by atoms with van der Waals surface area (Å²) in [6, 6.07) is 0. The summed E-state index contributed by atoms with van der Waals surface area (Å²) in [4.78, 5) is 0. The minimum atomic E-state index is -0.422. The SMILES string of the molecule is CC[C@@](C)(O)CCCC(C)C. The molecule has 1 nitrogen and oxygen atoms in total. The van der Waals surface area contributed by atoms with E-state index in [1.807, 2.05) is 13.8 Å². The van der Waals surface area contributed by atoms with E-state index in [1.54, 1.807) is 0 Å². The fraction of sp³-hybridized carbons (Fsp3) is 1.00. The molecule has 1 N–H and O–H groups in total. The molecule has 0 aromatic carbocycles. The van der Waals surface area contributed by atoms with Crippen LogP contribution in [0.4, 0.5) is 0 Å². The van der Waals surface area contributed by atoms with E-state index in [2.05, 4.69) is 13.8 Å². The van der Waals surface area contributed by atoms with E-state index < -0.39 is 5.60 Å². The Morgan fingerprint density at radius 3 is 2.27 bits per heavy atom. The van der Waals surface area contributed by atoms with Crippen LogP contribution in [-0.4, -0.2) is 10.7 Å². The fourth-order valence-corrected chi connectivity index (χ4v) is 1.07. The molecule has 1 heteroatoms. The largest absolute Gasteiger partial charge is 0.390 e. The summed E-state index contributed by atoms with van der Waals surface area (Å²) in [6.45, 7) is 8.41. The maximum atomic E-state index is 9.64. The lowest BCUT2D eigenvalue weighted by molar-refractivity contribution is 0.0435. The van der Waals surface area contributed by atoms with Gasteiger partial charge in [-0.2, -0.15) is 0 Å². The van der Waals surface area contributed by atoms with Gasteiger partial charge in [0.2, 0.25) is 0 Å². The lowest BCUT2D eigenvalue weighted by Crippen LogP contribution is -2.22. The van der Waals surface area contributed by atoms with Crippen LogP contribution in [0.3, 0.4) is 0 Å². The third-order valence-electron chi connectivity index (χ3n) is 2.26. The Bertz CT molecular complexity index is 95.0. The summed E-state index contributed by atoms with van der Waals surface area (Å²) in [5, 5.41) is 9.64. The van der Waals surface area contributed by atoms with E-state index in [1.165, 1.54) is 6.42 Å². The Morgan fingerprint density at radius 2 is 1.91 bits per heavy atom.